The van der Waals surface area contributed by atoms with Crippen LogP contribution in [0.3, 0.4) is 0 Å². The molecule has 2 aromatic carbocycles. The predicted octanol–water partition coefficient (Wildman–Crippen LogP) is 2.53. The average Bonchev–Trinajstić information content (AvgIpc) is 2.90. The highest BCUT2D eigenvalue weighted by molar-refractivity contribution is 7.89. The van der Waals surface area contributed by atoms with Crippen LogP contribution in [0.1, 0.15) is 24.8 Å². The van der Waals surface area contributed by atoms with Crippen molar-refractivity contribution >= 4 is 15.9 Å². The van der Waals surface area contributed by atoms with Crippen molar-refractivity contribution < 1.29 is 27.8 Å². The molecule has 4 rings (SSSR count). The Morgan fingerprint density at radius 1 is 1.08 bits per heavy atom. The first-order chi connectivity index (χ1) is 17.4. The molecule has 2 N–H and O–H groups in total. The van der Waals surface area contributed by atoms with Crippen molar-refractivity contribution in [1.82, 2.24) is 9.62 Å². The zero-order chi connectivity index (χ0) is 25.5. The van der Waals surface area contributed by atoms with Crippen molar-refractivity contribution in [3.63, 3.8) is 0 Å². The number of methoxy groups -OCH3 is 1. The van der Waals surface area contributed by atoms with E-state index >= 15 is 0 Å². The van der Waals surface area contributed by atoms with Crippen LogP contribution >= 0.6 is 0 Å². The maximum Gasteiger partial charge on any atom is 0.241 e. The third-order valence-corrected chi connectivity index (χ3v) is 8.31. The van der Waals surface area contributed by atoms with Gasteiger partial charge in [0, 0.05) is 13.1 Å². The Balaban J connectivity index is 1.29. The first kappa shape index (κ1) is 26.3. The summed E-state index contributed by atoms with van der Waals surface area (Å²) in [6, 6.07) is 15.7. The minimum absolute atomic E-state index is 0.0109. The lowest BCUT2D eigenvalue weighted by molar-refractivity contribution is -0.136. The second-order valence-electron chi connectivity index (χ2n) is 9.32. The molecule has 3 atom stereocenters. The van der Waals surface area contributed by atoms with Gasteiger partial charge in [-0.3, -0.25) is 4.79 Å². The molecule has 36 heavy (non-hydrogen) atoms. The molecular formula is C27H34N2O6S. The molecule has 2 aliphatic rings. The molecule has 2 aliphatic heterocycles. The first-order valence-electron chi connectivity index (χ1n) is 12.3. The molecule has 0 aliphatic carbocycles. The normalized spacial score (nSPS) is 22.9. The third-order valence-electron chi connectivity index (χ3n) is 6.83. The summed E-state index contributed by atoms with van der Waals surface area (Å²) in [4.78, 5) is 14.9. The summed E-state index contributed by atoms with van der Waals surface area (Å²) in [7, 11) is -2.33. The maximum atomic E-state index is 12.9. The predicted molar refractivity (Wildman–Crippen MR) is 136 cm³/mol. The topological polar surface area (TPSA) is 105 Å². The largest absolute Gasteiger partial charge is 0.497 e. The quantitative estimate of drug-likeness (QED) is 0.499. The SMILES string of the molecule is COc1ccc(S(=O)(=O)N[C@H]2C=C[C@@H](CC(=O)N3CCC(Cc4ccccc4)CC3)O[C@H]2CO)cc1. The Hall–Kier alpha value is -2.72. The van der Waals surface area contributed by atoms with Gasteiger partial charge in [0.05, 0.1) is 37.2 Å². The molecular weight excluding hydrogens is 480 g/mol. The second kappa shape index (κ2) is 12.0. The van der Waals surface area contributed by atoms with E-state index < -0.39 is 28.3 Å². The monoisotopic (exact) mass is 514 g/mol. The van der Waals surface area contributed by atoms with E-state index in [9.17, 15) is 18.3 Å². The number of piperidine rings is 1. The summed E-state index contributed by atoms with van der Waals surface area (Å²) in [5.41, 5.74) is 1.33. The molecule has 2 aromatic rings. The molecule has 2 heterocycles. The molecule has 0 bridgehead atoms. The highest BCUT2D eigenvalue weighted by Gasteiger charge is 2.32. The molecule has 1 saturated heterocycles. The zero-order valence-electron chi connectivity index (χ0n) is 20.5. The molecule has 0 spiro atoms. The number of carbonyl (C=O) groups is 1. The number of hydrogen-bond acceptors (Lipinski definition) is 6. The maximum absolute atomic E-state index is 12.9. The Bertz CT molecular complexity index is 1130. The van der Waals surface area contributed by atoms with Gasteiger partial charge in [0.15, 0.2) is 0 Å². The molecule has 8 nitrogen and oxygen atoms in total. The Morgan fingerprint density at radius 3 is 2.42 bits per heavy atom. The van der Waals surface area contributed by atoms with E-state index in [-0.39, 0.29) is 23.8 Å². The third kappa shape index (κ3) is 6.73. The zero-order valence-corrected chi connectivity index (χ0v) is 21.3. The fraction of sp³-hybridized carbons (Fsp3) is 0.444. The van der Waals surface area contributed by atoms with Crippen molar-refractivity contribution in [2.24, 2.45) is 5.92 Å². The number of hydrogen-bond donors (Lipinski definition) is 2. The van der Waals surface area contributed by atoms with Crippen molar-refractivity contribution in [2.45, 2.75) is 48.8 Å². The van der Waals surface area contributed by atoms with Crippen molar-refractivity contribution in [3.8, 4) is 5.75 Å². The van der Waals surface area contributed by atoms with Gasteiger partial charge in [-0.05, 0) is 55.0 Å². The summed E-state index contributed by atoms with van der Waals surface area (Å²) >= 11 is 0. The van der Waals surface area contributed by atoms with Crippen molar-refractivity contribution in [1.29, 1.82) is 0 Å². The van der Waals surface area contributed by atoms with E-state index in [1.807, 2.05) is 11.0 Å². The smallest absolute Gasteiger partial charge is 0.241 e. The van der Waals surface area contributed by atoms with E-state index in [0.29, 0.717) is 11.7 Å². The van der Waals surface area contributed by atoms with Crippen molar-refractivity contribution in [2.75, 3.05) is 26.8 Å². The number of nitrogens with one attached hydrogen (secondary N) is 1. The van der Waals surface area contributed by atoms with Crippen LogP contribution in [0.15, 0.2) is 71.6 Å². The molecule has 1 fully saturated rings. The Morgan fingerprint density at radius 2 is 1.78 bits per heavy atom. The van der Waals surface area contributed by atoms with Crippen LogP contribution in [0, 0.1) is 5.92 Å². The van der Waals surface area contributed by atoms with Gasteiger partial charge in [0.25, 0.3) is 0 Å². The molecule has 194 valence electrons. The van der Waals surface area contributed by atoms with Crippen LogP contribution in [0.25, 0.3) is 0 Å². The van der Waals surface area contributed by atoms with Crippen LogP contribution in [0.2, 0.25) is 0 Å². The van der Waals surface area contributed by atoms with Gasteiger partial charge in [0.2, 0.25) is 15.9 Å². The van der Waals surface area contributed by atoms with Crippen LogP contribution in [0.5, 0.6) is 5.75 Å². The number of likely N-dealkylation sites (tertiary alicyclic amines) is 1. The van der Waals surface area contributed by atoms with Gasteiger partial charge in [-0.15, -0.1) is 0 Å². The number of benzene rings is 2. The molecule has 9 heteroatoms. The standard InChI is InChI=1S/C27H34N2O6S/c1-34-22-7-10-24(11-8-22)36(32,33)28-25-12-9-23(35-26(25)19-30)18-27(31)29-15-13-21(14-16-29)17-20-5-3-2-4-6-20/h2-12,21,23,25-26,28,30H,13-19H2,1H3/t23-,25-,26-/m0/s1. The highest BCUT2D eigenvalue weighted by Crippen LogP contribution is 2.24. The molecule has 0 radical (unpaired) electrons. The van der Waals surface area contributed by atoms with Crippen LogP contribution < -0.4 is 9.46 Å². The second-order valence-corrected chi connectivity index (χ2v) is 11.0. The number of rotatable bonds is 9. The fourth-order valence-electron chi connectivity index (χ4n) is 4.75. The lowest BCUT2D eigenvalue weighted by atomic mass is 9.90. The van der Waals surface area contributed by atoms with E-state index in [1.165, 1.54) is 24.8 Å². The number of aliphatic hydroxyl groups excluding tert-OH is 1. The first-order valence-corrected chi connectivity index (χ1v) is 13.8. The summed E-state index contributed by atoms with van der Waals surface area (Å²) in [6.45, 7) is 1.07. The van der Waals surface area contributed by atoms with E-state index in [2.05, 4.69) is 29.0 Å². The summed E-state index contributed by atoms with van der Waals surface area (Å²) in [6.07, 6.45) is 5.18. The van der Waals surface area contributed by atoms with Crippen LogP contribution in [-0.4, -0.2) is 69.4 Å². The van der Waals surface area contributed by atoms with Gasteiger partial charge >= 0.3 is 0 Å². The van der Waals surface area contributed by atoms with Gasteiger partial charge in [-0.2, -0.15) is 0 Å². The minimum Gasteiger partial charge on any atom is -0.497 e. The van der Waals surface area contributed by atoms with Crippen molar-refractivity contribution in [3.05, 3.63) is 72.3 Å². The van der Waals surface area contributed by atoms with E-state index in [1.54, 1.807) is 24.3 Å². The number of sulfonamides is 1. The number of aliphatic hydroxyl groups is 1. The van der Waals surface area contributed by atoms with E-state index in [0.717, 1.165) is 32.4 Å². The number of ether oxygens (including phenoxy) is 2. The van der Waals surface area contributed by atoms with Gasteiger partial charge in [-0.25, -0.2) is 13.1 Å². The van der Waals surface area contributed by atoms with Crippen LogP contribution in [0.4, 0.5) is 0 Å². The Labute approximate surface area is 213 Å². The molecule has 0 aromatic heterocycles. The fourth-order valence-corrected chi connectivity index (χ4v) is 5.97. The van der Waals surface area contributed by atoms with E-state index in [4.69, 9.17) is 9.47 Å². The average molecular weight is 515 g/mol. The molecule has 1 amide bonds. The number of nitrogens with zero attached hydrogens (tertiary/aromatic N) is 1. The highest BCUT2D eigenvalue weighted by atomic mass is 32.2. The summed E-state index contributed by atoms with van der Waals surface area (Å²) in [5, 5.41) is 9.84. The summed E-state index contributed by atoms with van der Waals surface area (Å²) < 4.78 is 39.1. The molecule has 0 saturated carbocycles. The van der Waals surface area contributed by atoms with Gasteiger partial charge < -0.3 is 19.5 Å². The lowest BCUT2D eigenvalue weighted by Crippen LogP contribution is -2.49. The van der Waals surface area contributed by atoms with Gasteiger partial charge in [0.1, 0.15) is 11.9 Å². The number of amides is 1. The number of carbonyl (C=O) groups excluding carboxylic acids is 1. The van der Waals surface area contributed by atoms with Crippen LogP contribution in [-0.2, 0) is 26.0 Å². The minimum atomic E-state index is -3.84. The Kier molecular flexibility index (Phi) is 8.79. The summed E-state index contributed by atoms with van der Waals surface area (Å²) in [5.74, 6) is 1.13. The van der Waals surface area contributed by atoms with Gasteiger partial charge in [-0.1, -0.05) is 42.5 Å². The lowest BCUT2D eigenvalue weighted by Gasteiger charge is -2.35. The molecule has 0 unspecified atom stereocenters.